The first-order chi connectivity index (χ1) is 17.5. The molecule has 1 aromatic carbocycles. The van der Waals surface area contributed by atoms with E-state index in [0.29, 0.717) is 59.3 Å². The molecule has 0 aliphatic carbocycles. The molecule has 2 aliphatic heterocycles. The standard InChI is InChI=1S/C26H25N5O4S/c1-15-10-17(18-11-16(12-27)5-6-21(18)34-2)19(13-28-15)24(32)30-26-29-20-7-8-31(14-23(20)36-26)25(33)22-4-3-9-35-22/h5-6,10-11,13,22H,3-4,7-9,14H2,1-2H3,(H,29,30,32). The summed E-state index contributed by atoms with van der Waals surface area (Å²) in [6, 6.07) is 9.02. The average molecular weight is 504 g/mol. The van der Waals surface area contributed by atoms with Crippen LogP contribution < -0.4 is 10.1 Å². The van der Waals surface area contributed by atoms with Crippen molar-refractivity contribution >= 4 is 28.3 Å². The van der Waals surface area contributed by atoms with Crippen molar-refractivity contribution in [2.24, 2.45) is 0 Å². The van der Waals surface area contributed by atoms with Crippen LogP contribution in [0, 0.1) is 18.3 Å². The molecule has 0 saturated carbocycles. The minimum absolute atomic E-state index is 0.0288. The second kappa shape index (κ2) is 10.0. The summed E-state index contributed by atoms with van der Waals surface area (Å²) in [7, 11) is 1.55. The number of nitriles is 1. The third-order valence-electron chi connectivity index (χ3n) is 6.37. The van der Waals surface area contributed by atoms with E-state index in [1.54, 1.807) is 31.4 Å². The lowest BCUT2D eigenvalue weighted by molar-refractivity contribution is -0.141. The predicted octanol–water partition coefficient (Wildman–Crippen LogP) is 3.71. The van der Waals surface area contributed by atoms with Gasteiger partial charge in [-0.3, -0.25) is 19.9 Å². The summed E-state index contributed by atoms with van der Waals surface area (Å²) in [5, 5.41) is 12.8. The Bertz CT molecular complexity index is 1370. The number of anilines is 1. The molecule has 0 spiro atoms. The molecule has 4 heterocycles. The summed E-state index contributed by atoms with van der Waals surface area (Å²) in [6.45, 7) is 3.53. The van der Waals surface area contributed by atoms with Gasteiger partial charge in [-0.1, -0.05) is 11.3 Å². The van der Waals surface area contributed by atoms with Crippen LogP contribution in [0.3, 0.4) is 0 Å². The molecule has 2 aliphatic rings. The highest BCUT2D eigenvalue weighted by molar-refractivity contribution is 7.15. The number of hydrogen-bond donors (Lipinski definition) is 1. The Morgan fingerprint density at radius 1 is 1.31 bits per heavy atom. The number of methoxy groups -OCH3 is 1. The van der Waals surface area contributed by atoms with E-state index >= 15 is 0 Å². The first kappa shape index (κ1) is 23.9. The number of carbonyl (C=O) groups excluding carboxylic acids is 2. The molecule has 1 fully saturated rings. The van der Waals surface area contributed by atoms with Gasteiger partial charge in [0.1, 0.15) is 11.9 Å². The molecule has 10 heteroatoms. The van der Waals surface area contributed by atoms with Crippen LogP contribution in [0.4, 0.5) is 5.13 Å². The number of benzene rings is 1. The maximum atomic E-state index is 13.4. The lowest BCUT2D eigenvalue weighted by Gasteiger charge is -2.28. The van der Waals surface area contributed by atoms with Crippen LogP contribution in [-0.4, -0.2) is 53.0 Å². The van der Waals surface area contributed by atoms with Gasteiger partial charge in [-0.05, 0) is 44.0 Å². The van der Waals surface area contributed by atoms with Gasteiger partial charge in [-0.25, -0.2) is 4.98 Å². The molecule has 5 rings (SSSR count). The van der Waals surface area contributed by atoms with E-state index in [1.807, 2.05) is 11.8 Å². The number of pyridine rings is 1. The number of carbonyl (C=O) groups is 2. The first-order valence-corrected chi connectivity index (χ1v) is 12.5. The summed E-state index contributed by atoms with van der Waals surface area (Å²) in [5.74, 6) is 0.218. The van der Waals surface area contributed by atoms with E-state index in [9.17, 15) is 14.9 Å². The minimum Gasteiger partial charge on any atom is -0.496 e. The number of aryl methyl sites for hydroxylation is 1. The summed E-state index contributed by atoms with van der Waals surface area (Å²) in [5.41, 5.74) is 3.68. The van der Waals surface area contributed by atoms with Gasteiger partial charge in [-0.15, -0.1) is 0 Å². The molecular formula is C26H25N5O4S. The lowest BCUT2D eigenvalue weighted by Crippen LogP contribution is -2.41. The molecule has 184 valence electrons. The molecule has 9 nitrogen and oxygen atoms in total. The molecule has 0 radical (unpaired) electrons. The van der Waals surface area contributed by atoms with E-state index in [-0.39, 0.29) is 17.9 Å². The monoisotopic (exact) mass is 503 g/mol. The smallest absolute Gasteiger partial charge is 0.259 e. The number of rotatable bonds is 5. The van der Waals surface area contributed by atoms with Crippen LogP contribution in [-0.2, 0) is 22.5 Å². The largest absolute Gasteiger partial charge is 0.496 e. The third-order valence-corrected chi connectivity index (χ3v) is 7.37. The van der Waals surface area contributed by atoms with Gasteiger partial charge >= 0.3 is 0 Å². The number of hydrogen-bond acceptors (Lipinski definition) is 8. The minimum atomic E-state index is -0.361. The second-order valence-corrected chi connectivity index (χ2v) is 9.84. The fourth-order valence-electron chi connectivity index (χ4n) is 4.53. The lowest BCUT2D eigenvalue weighted by atomic mass is 9.97. The zero-order chi connectivity index (χ0) is 25.2. The highest BCUT2D eigenvalue weighted by Crippen LogP contribution is 2.35. The van der Waals surface area contributed by atoms with Crippen molar-refractivity contribution in [3.63, 3.8) is 0 Å². The number of amides is 2. The average Bonchev–Trinajstić information content (AvgIpc) is 3.57. The van der Waals surface area contributed by atoms with Gasteiger partial charge in [0.05, 0.1) is 36.5 Å². The van der Waals surface area contributed by atoms with Crippen molar-refractivity contribution in [1.29, 1.82) is 5.26 Å². The van der Waals surface area contributed by atoms with Crippen molar-refractivity contribution in [1.82, 2.24) is 14.9 Å². The number of nitrogens with one attached hydrogen (secondary N) is 1. The van der Waals surface area contributed by atoms with Crippen molar-refractivity contribution in [2.75, 3.05) is 25.6 Å². The van der Waals surface area contributed by atoms with Crippen molar-refractivity contribution in [2.45, 2.75) is 38.8 Å². The van der Waals surface area contributed by atoms with Gasteiger partial charge in [0.25, 0.3) is 11.8 Å². The van der Waals surface area contributed by atoms with E-state index in [1.165, 1.54) is 17.5 Å². The maximum absolute atomic E-state index is 13.4. The number of fused-ring (bicyclic) bond motifs is 1. The highest BCUT2D eigenvalue weighted by atomic mass is 32.1. The molecule has 2 amide bonds. The van der Waals surface area contributed by atoms with E-state index in [2.05, 4.69) is 21.4 Å². The van der Waals surface area contributed by atoms with Crippen LogP contribution >= 0.6 is 11.3 Å². The summed E-state index contributed by atoms with van der Waals surface area (Å²) < 4.78 is 11.1. The van der Waals surface area contributed by atoms with Gasteiger partial charge in [0.2, 0.25) is 0 Å². The summed E-state index contributed by atoms with van der Waals surface area (Å²) in [4.78, 5) is 37.8. The fraction of sp³-hybridized carbons (Fsp3) is 0.346. The molecule has 1 atom stereocenters. The maximum Gasteiger partial charge on any atom is 0.259 e. The molecular weight excluding hydrogens is 478 g/mol. The van der Waals surface area contributed by atoms with Crippen molar-refractivity contribution < 1.29 is 19.1 Å². The SMILES string of the molecule is COc1ccc(C#N)cc1-c1cc(C)ncc1C(=O)Nc1nc2c(s1)CN(C(=O)C1CCCO1)CC2. The van der Waals surface area contributed by atoms with E-state index in [4.69, 9.17) is 9.47 Å². The van der Waals surface area contributed by atoms with E-state index < -0.39 is 0 Å². The predicted molar refractivity (Wildman–Crippen MR) is 134 cm³/mol. The zero-order valence-corrected chi connectivity index (χ0v) is 20.9. The molecule has 1 N–H and O–H groups in total. The molecule has 3 aromatic rings. The van der Waals surface area contributed by atoms with Gasteiger partial charge in [0.15, 0.2) is 5.13 Å². The van der Waals surface area contributed by atoms with Crippen LogP contribution in [0.1, 0.15) is 45.0 Å². The Kier molecular flexibility index (Phi) is 6.67. The van der Waals surface area contributed by atoms with Gasteiger partial charge in [0, 0.05) is 47.5 Å². The van der Waals surface area contributed by atoms with Crippen LogP contribution in [0.5, 0.6) is 5.75 Å². The second-order valence-electron chi connectivity index (χ2n) is 8.75. The fourth-order valence-corrected chi connectivity index (χ4v) is 5.55. The first-order valence-electron chi connectivity index (χ1n) is 11.7. The highest BCUT2D eigenvalue weighted by Gasteiger charge is 2.32. The molecule has 1 saturated heterocycles. The molecule has 36 heavy (non-hydrogen) atoms. The van der Waals surface area contributed by atoms with E-state index in [0.717, 1.165) is 29.1 Å². The Morgan fingerprint density at radius 3 is 2.92 bits per heavy atom. The van der Waals surface area contributed by atoms with Gasteiger partial charge in [-0.2, -0.15) is 5.26 Å². The van der Waals surface area contributed by atoms with Crippen LogP contribution in [0.15, 0.2) is 30.5 Å². The normalized spacial score (nSPS) is 16.8. The summed E-state index contributed by atoms with van der Waals surface area (Å²) >= 11 is 1.37. The van der Waals surface area contributed by atoms with Crippen molar-refractivity contribution in [3.8, 4) is 22.9 Å². The van der Waals surface area contributed by atoms with Crippen LogP contribution in [0.25, 0.3) is 11.1 Å². The quantitative estimate of drug-likeness (QED) is 0.564. The Balaban J connectivity index is 1.39. The van der Waals surface area contributed by atoms with Crippen LogP contribution in [0.2, 0.25) is 0 Å². The summed E-state index contributed by atoms with van der Waals surface area (Å²) in [6.07, 6.45) is 3.49. The Hall–Kier alpha value is -3.81. The number of aromatic nitrogens is 2. The van der Waals surface area contributed by atoms with Crippen molar-refractivity contribution in [3.05, 3.63) is 57.9 Å². The number of ether oxygens (including phenoxy) is 2. The molecule has 0 bridgehead atoms. The topological polar surface area (TPSA) is 117 Å². The zero-order valence-electron chi connectivity index (χ0n) is 20.0. The number of nitrogens with zero attached hydrogens (tertiary/aromatic N) is 4. The number of thiazole rings is 1. The Labute approximate surface area is 212 Å². The third kappa shape index (κ3) is 4.67. The van der Waals surface area contributed by atoms with Gasteiger partial charge < -0.3 is 14.4 Å². The molecule has 2 aromatic heterocycles. The molecule has 1 unspecified atom stereocenters. The Morgan fingerprint density at radius 2 is 2.17 bits per heavy atom.